The Morgan fingerprint density at radius 3 is 2.60 bits per heavy atom. The summed E-state index contributed by atoms with van der Waals surface area (Å²) in [6.45, 7) is 11.5. The van der Waals surface area contributed by atoms with Crippen molar-refractivity contribution < 1.29 is 9.84 Å². The van der Waals surface area contributed by atoms with Gasteiger partial charge in [-0.05, 0) is 43.5 Å². The molecule has 20 heavy (non-hydrogen) atoms. The molecule has 0 amide bonds. The maximum Gasteiger partial charge on any atom is 0.122 e. The molecule has 1 aromatic rings. The summed E-state index contributed by atoms with van der Waals surface area (Å²) in [6, 6.07) is 3.97. The van der Waals surface area contributed by atoms with E-state index in [9.17, 15) is 5.11 Å². The van der Waals surface area contributed by atoms with Gasteiger partial charge in [-0.25, -0.2) is 0 Å². The summed E-state index contributed by atoms with van der Waals surface area (Å²) in [5, 5.41) is 13.8. The lowest BCUT2D eigenvalue weighted by molar-refractivity contribution is 0.105. The van der Waals surface area contributed by atoms with E-state index in [4.69, 9.17) is 4.74 Å². The first-order chi connectivity index (χ1) is 9.63. The van der Waals surface area contributed by atoms with Gasteiger partial charge >= 0.3 is 0 Å². The fourth-order valence-electron chi connectivity index (χ4n) is 2.73. The highest BCUT2D eigenvalue weighted by Gasteiger charge is 2.18. The van der Waals surface area contributed by atoms with Gasteiger partial charge in [0.05, 0.1) is 12.7 Å². The van der Waals surface area contributed by atoms with Crippen LogP contribution in [0.5, 0.6) is 5.75 Å². The third-order valence-electron chi connectivity index (χ3n) is 4.08. The molecule has 1 aromatic carbocycles. The first-order valence-corrected chi connectivity index (χ1v) is 7.47. The quantitative estimate of drug-likeness (QED) is 0.859. The highest BCUT2D eigenvalue weighted by Crippen LogP contribution is 2.28. The number of hydrogen-bond acceptors (Lipinski definition) is 4. The van der Waals surface area contributed by atoms with Crippen molar-refractivity contribution in [3.8, 4) is 5.75 Å². The van der Waals surface area contributed by atoms with Gasteiger partial charge in [-0.1, -0.05) is 6.07 Å². The molecular formula is C16H26N2O2. The monoisotopic (exact) mass is 278 g/mol. The van der Waals surface area contributed by atoms with Crippen LogP contribution in [0.4, 0.5) is 0 Å². The zero-order chi connectivity index (χ0) is 14.5. The Bertz CT molecular complexity index is 442. The van der Waals surface area contributed by atoms with Gasteiger partial charge in [-0.2, -0.15) is 0 Å². The Morgan fingerprint density at radius 1 is 1.25 bits per heavy atom. The van der Waals surface area contributed by atoms with Crippen molar-refractivity contribution in [2.45, 2.75) is 26.9 Å². The van der Waals surface area contributed by atoms with Crippen LogP contribution in [0, 0.1) is 13.8 Å². The van der Waals surface area contributed by atoms with Crippen LogP contribution in [-0.2, 0) is 0 Å². The molecule has 0 bridgehead atoms. The lowest BCUT2D eigenvalue weighted by atomic mass is 9.98. The first-order valence-electron chi connectivity index (χ1n) is 7.47. The Morgan fingerprint density at radius 2 is 1.95 bits per heavy atom. The third kappa shape index (κ3) is 3.51. The molecule has 1 aliphatic rings. The van der Waals surface area contributed by atoms with E-state index in [1.165, 1.54) is 0 Å². The number of hydrogen-bond donors (Lipinski definition) is 2. The van der Waals surface area contributed by atoms with Crippen LogP contribution in [0.1, 0.15) is 29.7 Å². The molecule has 0 aliphatic carbocycles. The molecular weight excluding hydrogens is 252 g/mol. The minimum Gasteiger partial charge on any atom is -0.494 e. The van der Waals surface area contributed by atoms with Crippen molar-refractivity contribution >= 4 is 0 Å². The van der Waals surface area contributed by atoms with Crippen molar-refractivity contribution in [2.75, 3.05) is 39.3 Å². The zero-order valence-electron chi connectivity index (χ0n) is 12.8. The maximum absolute atomic E-state index is 10.5. The van der Waals surface area contributed by atoms with Gasteiger partial charge < -0.3 is 15.2 Å². The van der Waals surface area contributed by atoms with Crippen LogP contribution in [0.3, 0.4) is 0 Å². The lowest BCUT2D eigenvalue weighted by Gasteiger charge is -2.29. The largest absolute Gasteiger partial charge is 0.494 e. The summed E-state index contributed by atoms with van der Waals surface area (Å²) in [5.74, 6) is 0.920. The highest BCUT2D eigenvalue weighted by atomic mass is 16.5. The molecule has 1 aliphatic heterocycles. The van der Waals surface area contributed by atoms with E-state index in [0.717, 1.165) is 48.6 Å². The van der Waals surface area contributed by atoms with E-state index in [0.29, 0.717) is 13.2 Å². The summed E-state index contributed by atoms with van der Waals surface area (Å²) in [4.78, 5) is 2.31. The zero-order valence-corrected chi connectivity index (χ0v) is 12.8. The molecule has 1 heterocycles. The molecule has 0 spiro atoms. The second kappa shape index (κ2) is 7.07. The number of rotatable bonds is 5. The summed E-state index contributed by atoms with van der Waals surface area (Å²) in [6.07, 6.45) is -0.428. The van der Waals surface area contributed by atoms with Crippen molar-refractivity contribution in [1.29, 1.82) is 0 Å². The molecule has 4 heteroatoms. The number of piperazine rings is 1. The Labute approximate surface area is 121 Å². The van der Waals surface area contributed by atoms with Crippen LogP contribution in [0.2, 0.25) is 0 Å². The van der Waals surface area contributed by atoms with Crippen molar-refractivity contribution in [2.24, 2.45) is 0 Å². The van der Waals surface area contributed by atoms with E-state index >= 15 is 0 Å². The predicted molar refractivity (Wildman–Crippen MR) is 81.4 cm³/mol. The summed E-state index contributed by atoms with van der Waals surface area (Å²) in [7, 11) is 0. The van der Waals surface area contributed by atoms with E-state index in [1.807, 2.05) is 19.1 Å². The van der Waals surface area contributed by atoms with Crippen LogP contribution in [-0.4, -0.2) is 49.3 Å². The van der Waals surface area contributed by atoms with E-state index in [1.54, 1.807) is 0 Å². The molecule has 0 saturated carbocycles. The maximum atomic E-state index is 10.5. The normalized spacial score (nSPS) is 18.0. The molecule has 0 aromatic heterocycles. The summed E-state index contributed by atoms with van der Waals surface area (Å²) in [5.41, 5.74) is 3.28. The number of benzene rings is 1. The highest BCUT2D eigenvalue weighted by molar-refractivity contribution is 5.44. The van der Waals surface area contributed by atoms with Gasteiger partial charge in [0.25, 0.3) is 0 Å². The van der Waals surface area contributed by atoms with Crippen LogP contribution >= 0.6 is 0 Å². The van der Waals surface area contributed by atoms with Crippen LogP contribution < -0.4 is 10.1 Å². The van der Waals surface area contributed by atoms with Crippen molar-refractivity contribution in [1.82, 2.24) is 10.2 Å². The number of β-amino-alcohol motifs (C(OH)–C–C–N with tert-alkyl or cyclic N) is 1. The lowest BCUT2D eigenvalue weighted by Crippen LogP contribution is -2.45. The molecule has 2 N–H and O–H groups in total. The SMILES string of the molecule is CCOc1ccc(C(O)CN2CCNCC2)c(C)c1C. The van der Waals surface area contributed by atoms with Gasteiger partial charge in [0.1, 0.15) is 5.75 Å². The number of ether oxygens (including phenoxy) is 1. The molecule has 4 nitrogen and oxygen atoms in total. The topological polar surface area (TPSA) is 44.7 Å². The Hall–Kier alpha value is -1.10. The molecule has 112 valence electrons. The molecule has 1 saturated heterocycles. The minimum absolute atomic E-state index is 0.428. The van der Waals surface area contributed by atoms with E-state index in [2.05, 4.69) is 24.1 Å². The summed E-state index contributed by atoms with van der Waals surface area (Å²) < 4.78 is 5.60. The fraction of sp³-hybridized carbons (Fsp3) is 0.625. The predicted octanol–water partition coefficient (Wildman–Crippen LogP) is 1.64. The van der Waals surface area contributed by atoms with Crippen LogP contribution in [0.15, 0.2) is 12.1 Å². The minimum atomic E-state index is -0.428. The molecule has 1 unspecified atom stereocenters. The van der Waals surface area contributed by atoms with Crippen molar-refractivity contribution in [3.05, 3.63) is 28.8 Å². The van der Waals surface area contributed by atoms with Gasteiger partial charge in [-0.15, -0.1) is 0 Å². The molecule has 2 rings (SSSR count). The number of aliphatic hydroxyl groups excluding tert-OH is 1. The fourth-order valence-corrected chi connectivity index (χ4v) is 2.73. The average molecular weight is 278 g/mol. The molecule has 1 fully saturated rings. The first kappa shape index (κ1) is 15.3. The number of nitrogens with one attached hydrogen (secondary N) is 1. The Balaban J connectivity index is 2.09. The summed E-state index contributed by atoms with van der Waals surface area (Å²) >= 11 is 0. The third-order valence-corrected chi connectivity index (χ3v) is 4.08. The molecule has 1 atom stereocenters. The second-order valence-electron chi connectivity index (χ2n) is 5.40. The number of aliphatic hydroxyl groups is 1. The van der Waals surface area contributed by atoms with E-state index in [-0.39, 0.29) is 0 Å². The smallest absolute Gasteiger partial charge is 0.122 e. The van der Waals surface area contributed by atoms with Gasteiger partial charge in [-0.3, -0.25) is 4.90 Å². The van der Waals surface area contributed by atoms with Gasteiger partial charge in [0.15, 0.2) is 0 Å². The molecule has 0 radical (unpaired) electrons. The second-order valence-corrected chi connectivity index (χ2v) is 5.40. The van der Waals surface area contributed by atoms with Gasteiger partial charge in [0, 0.05) is 32.7 Å². The average Bonchev–Trinajstić information content (AvgIpc) is 2.45. The van der Waals surface area contributed by atoms with E-state index < -0.39 is 6.10 Å². The van der Waals surface area contributed by atoms with Crippen LogP contribution in [0.25, 0.3) is 0 Å². The number of nitrogens with zero attached hydrogens (tertiary/aromatic N) is 1. The van der Waals surface area contributed by atoms with Gasteiger partial charge in [0.2, 0.25) is 0 Å². The standard InChI is InChI=1S/C16H26N2O2/c1-4-20-16-6-5-14(12(2)13(16)3)15(19)11-18-9-7-17-8-10-18/h5-6,15,17,19H,4,7-11H2,1-3H3. The Kier molecular flexibility index (Phi) is 5.40. The van der Waals surface area contributed by atoms with Crippen molar-refractivity contribution in [3.63, 3.8) is 0 Å².